The molecule has 0 saturated heterocycles. The maximum absolute atomic E-state index is 5.53. The van der Waals surface area contributed by atoms with E-state index in [1.807, 2.05) is 31.2 Å². The molecule has 0 saturated carbocycles. The fourth-order valence-electron chi connectivity index (χ4n) is 2.26. The van der Waals surface area contributed by atoms with Crippen molar-refractivity contribution in [1.29, 1.82) is 0 Å². The highest BCUT2D eigenvalue weighted by molar-refractivity contribution is 9.10. The van der Waals surface area contributed by atoms with Gasteiger partial charge in [-0.25, -0.2) is 4.98 Å². The maximum atomic E-state index is 5.53. The predicted molar refractivity (Wildman–Crippen MR) is 79.3 cm³/mol. The van der Waals surface area contributed by atoms with E-state index in [-0.39, 0.29) is 0 Å². The van der Waals surface area contributed by atoms with Gasteiger partial charge in [-0.1, -0.05) is 15.9 Å². The summed E-state index contributed by atoms with van der Waals surface area (Å²) in [6.07, 6.45) is 0. The summed E-state index contributed by atoms with van der Waals surface area (Å²) in [6, 6.07) is 12.2. The zero-order chi connectivity index (χ0) is 13.4. The van der Waals surface area contributed by atoms with Crippen LogP contribution < -0.4 is 9.30 Å². The number of nitrogens with zero attached hydrogens (tertiary/aromatic N) is 2. The van der Waals surface area contributed by atoms with E-state index in [0.717, 1.165) is 32.3 Å². The van der Waals surface area contributed by atoms with Crippen molar-refractivity contribution in [3.8, 4) is 5.75 Å². The molecule has 1 heterocycles. The number of hydrogen-bond donors (Lipinski definition) is 0. The second-order valence-electron chi connectivity index (χ2n) is 4.39. The molecule has 3 rings (SSSR count). The lowest BCUT2D eigenvalue weighted by molar-refractivity contribution is -0.617. The highest BCUT2D eigenvalue weighted by Gasteiger charge is 2.13. The fraction of sp³-hybridized carbons (Fsp3) is 0.200. The lowest BCUT2D eigenvalue weighted by Crippen LogP contribution is -2.30. The summed E-state index contributed by atoms with van der Waals surface area (Å²) in [5.74, 6) is 0.858. The molecule has 4 heteroatoms. The van der Waals surface area contributed by atoms with Crippen molar-refractivity contribution in [2.45, 2.75) is 6.92 Å². The van der Waals surface area contributed by atoms with Gasteiger partial charge in [-0.3, -0.25) is 0 Å². The van der Waals surface area contributed by atoms with E-state index in [2.05, 4.69) is 39.7 Å². The summed E-state index contributed by atoms with van der Waals surface area (Å²) in [6.45, 7) is 2.64. The van der Waals surface area contributed by atoms with Crippen LogP contribution in [0.25, 0.3) is 22.1 Å². The molecular weight excluding hydrogens is 304 g/mol. The molecule has 2 aromatic carbocycles. The molecule has 3 nitrogen and oxygen atoms in total. The van der Waals surface area contributed by atoms with Crippen molar-refractivity contribution >= 4 is 38.0 Å². The summed E-state index contributed by atoms with van der Waals surface area (Å²) < 4.78 is 8.72. The van der Waals surface area contributed by atoms with Crippen LogP contribution in [0.1, 0.15) is 6.92 Å². The Hall–Kier alpha value is -1.68. The Bertz CT molecular complexity index is 771. The Kier molecular flexibility index (Phi) is 3.11. The van der Waals surface area contributed by atoms with Crippen LogP contribution in [0.15, 0.2) is 40.9 Å². The Labute approximate surface area is 120 Å². The van der Waals surface area contributed by atoms with Crippen molar-refractivity contribution in [1.82, 2.24) is 4.98 Å². The van der Waals surface area contributed by atoms with Crippen LogP contribution in [-0.4, -0.2) is 11.6 Å². The summed E-state index contributed by atoms with van der Waals surface area (Å²) in [4.78, 5) is 4.71. The van der Waals surface area contributed by atoms with E-state index in [4.69, 9.17) is 9.72 Å². The summed E-state index contributed by atoms with van der Waals surface area (Å²) in [5, 5.41) is 0. The lowest BCUT2D eigenvalue weighted by atomic mass is 10.2. The van der Waals surface area contributed by atoms with Gasteiger partial charge in [0.1, 0.15) is 23.8 Å². The van der Waals surface area contributed by atoms with Crippen molar-refractivity contribution in [2.24, 2.45) is 7.05 Å². The van der Waals surface area contributed by atoms with Crippen molar-refractivity contribution in [3.63, 3.8) is 0 Å². The molecule has 0 bridgehead atoms. The van der Waals surface area contributed by atoms with Gasteiger partial charge in [-0.2, -0.15) is 4.57 Å². The molecule has 96 valence electrons. The Balaban J connectivity index is 2.33. The number of rotatable bonds is 2. The summed E-state index contributed by atoms with van der Waals surface area (Å²) >= 11 is 3.49. The highest BCUT2D eigenvalue weighted by atomic mass is 79.9. The number of fused-ring (bicyclic) bond motifs is 2. The van der Waals surface area contributed by atoms with Crippen LogP contribution >= 0.6 is 15.9 Å². The quantitative estimate of drug-likeness (QED) is 0.535. The average Bonchev–Trinajstić information content (AvgIpc) is 2.38. The van der Waals surface area contributed by atoms with Gasteiger partial charge in [0.25, 0.3) is 0 Å². The van der Waals surface area contributed by atoms with E-state index in [9.17, 15) is 0 Å². The topological polar surface area (TPSA) is 26.0 Å². The SMILES string of the molecule is CCOc1ccc2c(c1)nc1cc(Br)ccc1[n+]2C. The van der Waals surface area contributed by atoms with Crippen LogP contribution in [-0.2, 0) is 7.05 Å². The molecule has 0 aliphatic carbocycles. The Morgan fingerprint density at radius 2 is 1.79 bits per heavy atom. The largest absolute Gasteiger partial charge is 0.494 e. The number of hydrogen-bond acceptors (Lipinski definition) is 2. The normalized spacial score (nSPS) is 11.1. The number of benzene rings is 2. The van der Waals surface area contributed by atoms with E-state index in [1.165, 1.54) is 0 Å². The molecule has 0 N–H and O–H groups in total. The second-order valence-corrected chi connectivity index (χ2v) is 5.30. The van der Waals surface area contributed by atoms with Gasteiger partial charge >= 0.3 is 0 Å². The molecule has 0 atom stereocenters. The average molecular weight is 318 g/mol. The van der Waals surface area contributed by atoms with Gasteiger partial charge in [0.2, 0.25) is 11.0 Å². The summed E-state index contributed by atoms with van der Waals surface area (Å²) in [5.41, 5.74) is 4.12. The van der Waals surface area contributed by atoms with Crippen LogP contribution in [0.3, 0.4) is 0 Å². The van der Waals surface area contributed by atoms with Crippen LogP contribution in [0.4, 0.5) is 0 Å². The Morgan fingerprint density at radius 3 is 2.53 bits per heavy atom. The van der Waals surface area contributed by atoms with Crippen molar-refractivity contribution in [2.75, 3.05) is 6.61 Å². The number of halogens is 1. The van der Waals surface area contributed by atoms with E-state index >= 15 is 0 Å². The zero-order valence-electron chi connectivity index (χ0n) is 10.9. The molecule has 0 fully saturated rings. The Morgan fingerprint density at radius 1 is 1.11 bits per heavy atom. The number of aryl methyl sites for hydroxylation is 1. The lowest BCUT2D eigenvalue weighted by Gasteiger charge is -2.05. The molecule has 0 unspecified atom stereocenters. The molecule has 0 aliphatic heterocycles. The summed E-state index contributed by atoms with van der Waals surface area (Å²) in [7, 11) is 2.06. The van der Waals surface area contributed by atoms with Gasteiger partial charge in [-0.15, -0.1) is 0 Å². The predicted octanol–water partition coefficient (Wildman–Crippen LogP) is 3.37. The molecule has 1 aromatic heterocycles. The van der Waals surface area contributed by atoms with Crippen molar-refractivity contribution < 1.29 is 9.30 Å². The van der Waals surface area contributed by atoms with Gasteiger partial charge in [0, 0.05) is 22.7 Å². The van der Waals surface area contributed by atoms with E-state index < -0.39 is 0 Å². The smallest absolute Gasteiger partial charge is 0.231 e. The first-order valence-corrected chi connectivity index (χ1v) is 7.00. The minimum Gasteiger partial charge on any atom is -0.494 e. The third-order valence-corrected chi connectivity index (χ3v) is 3.65. The molecule has 0 spiro atoms. The molecule has 19 heavy (non-hydrogen) atoms. The second kappa shape index (κ2) is 4.78. The monoisotopic (exact) mass is 317 g/mol. The van der Waals surface area contributed by atoms with E-state index in [1.54, 1.807) is 0 Å². The molecule has 0 aliphatic rings. The number of ether oxygens (including phenoxy) is 1. The van der Waals surface area contributed by atoms with Gasteiger partial charge in [0.15, 0.2) is 0 Å². The fourth-order valence-corrected chi connectivity index (χ4v) is 2.61. The third kappa shape index (κ3) is 2.16. The highest BCUT2D eigenvalue weighted by Crippen LogP contribution is 2.21. The first-order valence-electron chi connectivity index (χ1n) is 6.21. The first-order chi connectivity index (χ1) is 9.19. The van der Waals surface area contributed by atoms with Crippen LogP contribution in [0.2, 0.25) is 0 Å². The maximum Gasteiger partial charge on any atom is 0.231 e. The molecular formula is C15H14BrN2O+. The molecule has 3 aromatic rings. The first kappa shape index (κ1) is 12.4. The van der Waals surface area contributed by atoms with Gasteiger partial charge in [0.05, 0.1) is 6.61 Å². The minimum absolute atomic E-state index is 0.663. The number of aromatic nitrogens is 2. The van der Waals surface area contributed by atoms with Crippen LogP contribution in [0, 0.1) is 0 Å². The van der Waals surface area contributed by atoms with Gasteiger partial charge in [-0.05, 0) is 25.1 Å². The molecule has 0 radical (unpaired) electrons. The van der Waals surface area contributed by atoms with Crippen LogP contribution in [0.5, 0.6) is 5.75 Å². The molecule has 0 amide bonds. The van der Waals surface area contributed by atoms with Gasteiger partial charge < -0.3 is 4.74 Å². The third-order valence-electron chi connectivity index (χ3n) is 3.16. The van der Waals surface area contributed by atoms with Crippen molar-refractivity contribution in [3.05, 3.63) is 40.9 Å². The standard InChI is InChI=1S/C15H14BrN2O/c1-3-19-11-5-7-15-13(9-11)17-12-8-10(16)4-6-14(12)18(15)2/h4-9H,3H2,1-2H3/q+1. The van der Waals surface area contributed by atoms with E-state index in [0.29, 0.717) is 6.61 Å². The minimum atomic E-state index is 0.663. The zero-order valence-corrected chi connectivity index (χ0v) is 12.4.